The van der Waals surface area contributed by atoms with E-state index in [1.54, 1.807) is 12.1 Å². The molecule has 1 fully saturated rings. The number of amides is 1. The Bertz CT molecular complexity index is 628. The van der Waals surface area contributed by atoms with Crippen LogP contribution in [0.4, 0.5) is 10.1 Å². The van der Waals surface area contributed by atoms with Crippen LogP contribution in [0.15, 0.2) is 18.2 Å². The van der Waals surface area contributed by atoms with E-state index in [0.29, 0.717) is 11.3 Å². The molecule has 0 saturated carbocycles. The van der Waals surface area contributed by atoms with Gasteiger partial charge >= 0.3 is 0 Å². The smallest absolute Gasteiger partial charge is 0.253 e. The number of piperidine rings is 1. The molecule has 0 radical (unpaired) electrons. The van der Waals surface area contributed by atoms with Crippen LogP contribution in [-0.2, 0) is 0 Å². The predicted octanol–water partition coefficient (Wildman–Crippen LogP) is 8.35. The van der Waals surface area contributed by atoms with E-state index in [4.69, 9.17) is 0 Å². The molecular weight excluding hydrogens is 399 g/mol. The molecule has 0 bridgehead atoms. The van der Waals surface area contributed by atoms with Gasteiger partial charge < -0.3 is 10.2 Å². The third kappa shape index (κ3) is 10.8. The molecule has 2 rings (SSSR count). The molecule has 1 aliphatic heterocycles. The van der Waals surface area contributed by atoms with Gasteiger partial charge in [0.2, 0.25) is 0 Å². The van der Waals surface area contributed by atoms with Gasteiger partial charge in [0.15, 0.2) is 0 Å². The Morgan fingerprint density at radius 2 is 1.34 bits per heavy atom. The van der Waals surface area contributed by atoms with Crippen LogP contribution in [0.5, 0.6) is 0 Å². The normalized spacial score (nSPS) is 14.0. The topological polar surface area (TPSA) is 32.3 Å². The first-order valence-corrected chi connectivity index (χ1v) is 13.5. The standard InChI is InChI=1S/C28H47FN2O/c1-2-3-4-5-6-7-8-9-10-11-12-13-14-16-21-30-27-20-19-25(24-26(27)29)28(32)31-22-17-15-18-23-31/h19-20,24,30H,2-18,21-23H2,1H3. The molecule has 32 heavy (non-hydrogen) atoms. The van der Waals surface area contributed by atoms with Crippen molar-refractivity contribution in [2.75, 3.05) is 25.0 Å². The second-order valence-corrected chi connectivity index (χ2v) is 9.57. The Balaban J connectivity index is 1.46. The van der Waals surface area contributed by atoms with Gasteiger partial charge in [0.05, 0.1) is 5.69 Å². The number of hydrogen-bond acceptors (Lipinski definition) is 2. The molecule has 1 amide bonds. The summed E-state index contributed by atoms with van der Waals surface area (Å²) in [5.74, 6) is -0.361. The number of nitrogens with zero attached hydrogens (tertiary/aromatic N) is 1. The Hall–Kier alpha value is -1.58. The van der Waals surface area contributed by atoms with Crippen LogP contribution in [0.25, 0.3) is 0 Å². The minimum Gasteiger partial charge on any atom is -0.383 e. The zero-order valence-electron chi connectivity index (χ0n) is 20.6. The molecular formula is C28H47FN2O. The number of carbonyl (C=O) groups excluding carboxylic acids is 1. The van der Waals surface area contributed by atoms with E-state index in [9.17, 15) is 9.18 Å². The Labute approximate surface area is 196 Å². The Kier molecular flexibility index (Phi) is 14.1. The summed E-state index contributed by atoms with van der Waals surface area (Å²) >= 11 is 0. The number of halogens is 1. The van der Waals surface area contributed by atoms with Crippen molar-refractivity contribution in [1.29, 1.82) is 0 Å². The molecule has 0 aromatic heterocycles. The van der Waals surface area contributed by atoms with Crippen molar-refractivity contribution < 1.29 is 9.18 Å². The van der Waals surface area contributed by atoms with E-state index in [-0.39, 0.29) is 11.7 Å². The lowest BCUT2D eigenvalue weighted by Gasteiger charge is -2.26. The number of likely N-dealkylation sites (tertiary alicyclic amines) is 1. The maximum atomic E-state index is 14.4. The van der Waals surface area contributed by atoms with Crippen molar-refractivity contribution >= 4 is 11.6 Å². The summed E-state index contributed by atoms with van der Waals surface area (Å²) in [6.07, 6.45) is 22.1. The van der Waals surface area contributed by atoms with E-state index in [0.717, 1.165) is 38.9 Å². The molecule has 182 valence electrons. The maximum Gasteiger partial charge on any atom is 0.253 e. The van der Waals surface area contributed by atoms with E-state index in [1.807, 2.05) is 4.90 Å². The lowest BCUT2D eigenvalue weighted by Crippen LogP contribution is -2.35. The first kappa shape index (κ1) is 26.7. The van der Waals surface area contributed by atoms with Gasteiger partial charge in [-0.25, -0.2) is 4.39 Å². The van der Waals surface area contributed by atoms with E-state index in [1.165, 1.54) is 96.0 Å². The highest BCUT2D eigenvalue weighted by atomic mass is 19.1. The molecule has 1 N–H and O–H groups in total. The van der Waals surface area contributed by atoms with Gasteiger partial charge in [-0.2, -0.15) is 0 Å². The van der Waals surface area contributed by atoms with Gasteiger partial charge in [-0.1, -0.05) is 90.4 Å². The summed E-state index contributed by atoms with van der Waals surface area (Å²) in [4.78, 5) is 14.4. The second-order valence-electron chi connectivity index (χ2n) is 9.57. The summed E-state index contributed by atoms with van der Waals surface area (Å²) in [5.41, 5.74) is 0.973. The molecule has 4 heteroatoms. The van der Waals surface area contributed by atoms with E-state index < -0.39 is 0 Å². The van der Waals surface area contributed by atoms with E-state index in [2.05, 4.69) is 12.2 Å². The van der Waals surface area contributed by atoms with Crippen LogP contribution in [0.2, 0.25) is 0 Å². The van der Waals surface area contributed by atoms with Gasteiger partial charge in [-0.15, -0.1) is 0 Å². The average molecular weight is 447 g/mol. The minimum atomic E-state index is -0.321. The number of carbonyl (C=O) groups is 1. The number of hydrogen-bond donors (Lipinski definition) is 1. The fourth-order valence-electron chi connectivity index (χ4n) is 4.61. The van der Waals surface area contributed by atoms with Crippen LogP contribution in [0.3, 0.4) is 0 Å². The molecule has 0 aliphatic carbocycles. The van der Waals surface area contributed by atoms with Crippen molar-refractivity contribution in [3.05, 3.63) is 29.6 Å². The number of unbranched alkanes of at least 4 members (excludes halogenated alkanes) is 13. The molecule has 1 aliphatic rings. The lowest BCUT2D eigenvalue weighted by atomic mass is 10.0. The molecule has 3 nitrogen and oxygen atoms in total. The highest BCUT2D eigenvalue weighted by Gasteiger charge is 2.19. The number of anilines is 1. The molecule has 0 atom stereocenters. The van der Waals surface area contributed by atoms with Crippen LogP contribution < -0.4 is 5.32 Å². The summed E-state index contributed by atoms with van der Waals surface area (Å²) in [6.45, 7) is 4.64. The monoisotopic (exact) mass is 446 g/mol. The zero-order valence-corrected chi connectivity index (χ0v) is 20.6. The predicted molar refractivity (Wildman–Crippen MR) is 135 cm³/mol. The number of nitrogens with one attached hydrogen (secondary N) is 1. The van der Waals surface area contributed by atoms with E-state index >= 15 is 0 Å². The lowest BCUT2D eigenvalue weighted by molar-refractivity contribution is 0.0724. The van der Waals surface area contributed by atoms with Crippen LogP contribution in [0, 0.1) is 5.82 Å². The molecule has 0 unspecified atom stereocenters. The van der Waals surface area contributed by atoms with Gasteiger partial charge in [0, 0.05) is 25.2 Å². The highest BCUT2D eigenvalue weighted by Crippen LogP contribution is 2.19. The maximum absolute atomic E-state index is 14.4. The summed E-state index contributed by atoms with van der Waals surface area (Å²) in [7, 11) is 0. The fraction of sp³-hybridized carbons (Fsp3) is 0.750. The van der Waals surface area contributed by atoms with Crippen molar-refractivity contribution in [2.24, 2.45) is 0 Å². The Morgan fingerprint density at radius 1 is 0.812 bits per heavy atom. The third-order valence-corrected chi connectivity index (χ3v) is 6.71. The number of rotatable bonds is 17. The molecule has 1 aromatic rings. The Morgan fingerprint density at radius 3 is 1.88 bits per heavy atom. The fourth-order valence-corrected chi connectivity index (χ4v) is 4.61. The van der Waals surface area contributed by atoms with Crippen molar-refractivity contribution in [3.63, 3.8) is 0 Å². The first-order valence-electron chi connectivity index (χ1n) is 13.5. The zero-order chi connectivity index (χ0) is 22.9. The van der Waals surface area contributed by atoms with Gasteiger partial charge in [0.1, 0.15) is 5.82 Å². The summed E-state index contributed by atoms with van der Waals surface area (Å²) in [6, 6.07) is 4.87. The SMILES string of the molecule is CCCCCCCCCCCCCCCCNc1ccc(C(=O)N2CCCCC2)cc1F. The molecule has 1 saturated heterocycles. The first-order chi connectivity index (χ1) is 15.7. The third-order valence-electron chi connectivity index (χ3n) is 6.71. The second kappa shape index (κ2) is 17.0. The van der Waals surface area contributed by atoms with Gasteiger partial charge in [-0.05, 0) is 43.9 Å². The molecule has 1 heterocycles. The van der Waals surface area contributed by atoms with Gasteiger partial charge in [-0.3, -0.25) is 4.79 Å². The minimum absolute atomic E-state index is 0.0397. The summed E-state index contributed by atoms with van der Waals surface area (Å²) < 4.78 is 14.4. The van der Waals surface area contributed by atoms with Crippen molar-refractivity contribution in [3.8, 4) is 0 Å². The quantitative estimate of drug-likeness (QED) is 0.244. The average Bonchev–Trinajstić information content (AvgIpc) is 2.82. The highest BCUT2D eigenvalue weighted by molar-refractivity contribution is 5.94. The number of benzene rings is 1. The van der Waals surface area contributed by atoms with Crippen LogP contribution in [0.1, 0.15) is 126 Å². The van der Waals surface area contributed by atoms with Crippen molar-refractivity contribution in [1.82, 2.24) is 4.90 Å². The van der Waals surface area contributed by atoms with Crippen LogP contribution in [-0.4, -0.2) is 30.4 Å². The van der Waals surface area contributed by atoms with Crippen LogP contribution >= 0.6 is 0 Å². The largest absolute Gasteiger partial charge is 0.383 e. The van der Waals surface area contributed by atoms with Crippen molar-refractivity contribution in [2.45, 2.75) is 116 Å². The van der Waals surface area contributed by atoms with Gasteiger partial charge in [0.25, 0.3) is 5.91 Å². The molecule has 0 spiro atoms. The molecule has 1 aromatic carbocycles. The summed E-state index contributed by atoms with van der Waals surface area (Å²) in [5, 5.41) is 3.20.